The molecule has 4 nitrogen and oxygen atoms in total. The van der Waals surface area contributed by atoms with Gasteiger partial charge in [0.2, 0.25) is 0 Å². The molecule has 0 aromatic heterocycles. The van der Waals surface area contributed by atoms with Crippen LogP contribution in [0.5, 0.6) is 0 Å². The molecule has 0 spiro atoms. The van der Waals surface area contributed by atoms with Crippen molar-refractivity contribution in [1.82, 2.24) is 0 Å². The molecule has 0 rings (SSSR count). The predicted molar refractivity (Wildman–Crippen MR) is 68.9 cm³/mol. The van der Waals surface area contributed by atoms with Crippen molar-refractivity contribution in [3.63, 3.8) is 0 Å². The number of hydrogen-bond acceptors (Lipinski definition) is 4. The van der Waals surface area contributed by atoms with Crippen molar-refractivity contribution >= 4 is 9.52 Å². The standard InChI is InChI=1S/C11H25NO3Si/c1-4-13-10(14-5-2)11(15-6-3)16-9-7-8-12/h4-9,12,16H2,1-3H3. The second-order valence-electron chi connectivity index (χ2n) is 3.26. The van der Waals surface area contributed by atoms with Gasteiger partial charge in [-0.25, -0.2) is 0 Å². The smallest absolute Gasteiger partial charge is 0.312 e. The Hall–Kier alpha value is -0.683. The Labute approximate surface area is 101 Å². The Balaban J connectivity index is 4.41. The molecule has 0 saturated heterocycles. The molecular formula is C11H25NO3Si. The van der Waals surface area contributed by atoms with Crippen LogP contribution in [0.25, 0.3) is 0 Å². The van der Waals surface area contributed by atoms with Gasteiger partial charge < -0.3 is 19.9 Å². The lowest BCUT2D eigenvalue weighted by molar-refractivity contribution is 0.0284. The summed E-state index contributed by atoms with van der Waals surface area (Å²) in [5.41, 5.74) is 5.48. The van der Waals surface area contributed by atoms with Crippen LogP contribution in [-0.2, 0) is 14.2 Å². The summed E-state index contributed by atoms with van der Waals surface area (Å²) in [4.78, 5) is 0. The van der Waals surface area contributed by atoms with Gasteiger partial charge in [0.15, 0.2) is 0 Å². The molecular weight excluding hydrogens is 222 g/mol. The Bertz CT molecular complexity index is 190. The van der Waals surface area contributed by atoms with Gasteiger partial charge in [-0.15, -0.1) is 0 Å². The van der Waals surface area contributed by atoms with Gasteiger partial charge in [-0.1, -0.05) is 6.04 Å². The Morgan fingerprint density at radius 3 is 2.00 bits per heavy atom. The van der Waals surface area contributed by atoms with E-state index in [0.29, 0.717) is 25.8 Å². The minimum atomic E-state index is -0.457. The van der Waals surface area contributed by atoms with Crippen LogP contribution in [0.2, 0.25) is 6.04 Å². The van der Waals surface area contributed by atoms with Crippen LogP contribution in [0.15, 0.2) is 11.3 Å². The molecule has 0 aliphatic carbocycles. The van der Waals surface area contributed by atoms with Gasteiger partial charge in [0.05, 0.1) is 19.8 Å². The number of nitrogens with two attached hydrogens (primary N) is 1. The van der Waals surface area contributed by atoms with E-state index in [9.17, 15) is 0 Å². The molecule has 0 bridgehead atoms. The Kier molecular flexibility index (Phi) is 10.4. The zero-order valence-corrected chi connectivity index (χ0v) is 12.2. The van der Waals surface area contributed by atoms with E-state index < -0.39 is 9.52 Å². The molecule has 0 fully saturated rings. The highest BCUT2D eigenvalue weighted by Gasteiger charge is 2.10. The molecule has 0 amide bonds. The molecule has 0 unspecified atom stereocenters. The summed E-state index contributed by atoms with van der Waals surface area (Å²) in [6.45, 7) is 8.49. The fraction of sp³-hybridized carbons (Fsp3) is 0.818. The Morgan fingerprint density at radius 1 is 1.00 bits per heavy atom. The SMILES string of the molecule is CCOC(OCC)=C(OCC)[SiH2]CCCN. The van der Waals surface area contributed by atoms with E-state index in [1.807, 2.05) is 20.8 Å². The van der Waals surface area contributed by atoms with Crippen LogP contribution >= 0.6 is 0 Å². The largest absolute Gasteiger partial charge is 0.497 e. The molecule has 96 valence electrons. The first-order valence-corrected chi connectivity index (χ1v) is 7.82. The van der Waals surface area contributed by atoms with Crippen molar-refractivity contribution in [3.05, 3.63) is 11.3 Å². The second kappa shape index (κ2) is 10.8. The maximum absolute atomic E-state index is 5.61. The van der Waals surface area contributed by atoms with Gasteiger partial charge in [-0.3, -0.25) is 0 Å². The molecule has 0 aliphatic rings. The average Bonchev–Trinajstić information content (AvgIpc) is 2.28. The van der Waals surface area contributed by atoms with Gasteiger partial charge in [-0.2, -0.15) is 0 Å². The minimum absolute atomic E-state index is 0.457. The number of ether oxygens (including phenoxy) is 3. The highest BCUT2D eigenvalue weighted by Crippen LogP contribution is 2.11. The summed E-state index contributed by atoms with van der Waals surface area (Å²) in [6, 6.07) is 1.13. The molecule has 0 saturated carbocycles. The summed E-state index contributed by atoms with van der Waals surface area (Å²) >= 11 is 0. The molecule has 0 radical (unpaired) electrons. The third-order valence-corrected chi connectivity index (χ3v) is 3.76. The summed E-state index contributed by atoms with van der Waals surface area (Å²) < 4.78 is 16.5. The fourth-order valence-electron chi connectivity index (χ4n) is 1.30. The normalized spacial score (nSPS) is 10.5. The van der Waals surface area contributed by atoms with E-state index >= 15 is 0 Å². The third-order valence-electron chi connectivity index (χ3n) is 1.96. The van der Waals surface area contributed by atoms with Crippen molar-refractivity contribution in [2.45, 2.75) is 33.2 Å². The van der Waals surface area contributed by atoms with E-state index in [4.69, 9.17) is 19.9 Å². The van der Waals surface area contributed by atoms with Crippen LogP contribution in [0.3, 0.4) is 0 Å². The fourth-order valence-corrected chi connectivity index (χ4v) is 2.92. The number of hydrogen-bond donors (Lipinski definition) is 1. The van der Waals surface area contributed by atoms with Crippen LogP contribution in [-0.4, -0.2) is 35.9 Å². The van der Waals surface area contributed by atoms with Gasteiger partial charge >= 0.3 is 5.95 Å². The lowest BCUT2D eigenvalue weighted by Crippen LogP contribution is -2.11. The minimum Gasteiger partial charge on any atom is -0.497 e. The monoisotopic (exact) mass is 247 g/mol. The topological polar surface area (TPSA) is 53.7 Å². The zero-order chi connectivity index (χ0) is 12.2. The van der Waals surface area contributed by atoms with Crippen LogP contribution in [0.1, 0.15) is 27.2 Å². The van der Waals surface area contributed by atoms with Crippen LogP contribution in [0.4, 0.5) is 0 Å². The van der Waals surface area contributed by atoms with Gasteiger partial charge in [0.25, 0.3) is 0 Å². The summed E-state index contributed by atoms with van der Waals surface area (Å²) in [5, 5.41) is 0.944. The summed E-state index contributed by atoms with van der Waals surface area (Å²) in [6.07, 6.45) is 1.05. The second-order valence-corrected chi connectivity index (χ2v) is 5.10. The molecule has 0 atom stereocenters. The molecule has 0 heterocycles. The maximum Gasteiger partial charge on any atom is 0.312 e. The van der Waals surface area contributed by atoms with E-state index in [-0.39, 0.29) is 0 Å². The van der Waals surface area contributed by atoms with Crippen molar-refractivity contribution in [3.8, 4) is 0 Å². The van der Waals surface area contributed by atoms with Gasteiger partial charge in [-0.05, 0) is 33.7 Å². The molecule has 0 aliphatic heterocycles. The Morgan fingerprint density at radius 2 is 1.56 bits per heavy atom. The van der Waals surface area contributed by atoms with Crippen molar-refractivity contribution < 1.29 is 14.2 Å². The van der Waals surface area contributed by atoms with Crippen molar-refractivity contribution in [2.75, 3.05) is 26.4 Å². The highest BCUT2D eigenvalue weighted by molar-refractivity contribution is 6.44. The average molecular weight is 247 g/mol. The first-order chi connectivity index (χ1) is 7.79. The zero-order valence-electron chi connectivity index (χ0n) is 10.8. The first-order valence-electron chi connectivity index (χ1n) is 6.11. The van der Waals surface area contributed by atoms with E-state index in [1.54, 1.807) is 0 Å². The first kappa shape index (κ1) is 15.3. The van der Waals surface area contributed by atoms with Gasteiger partial charge in [0, 0.05) is 0 Å². The molecule has 2 N–H and O–H groups in total. The third kappa shape index (κ3) is 6.74. The number of rotatable bonds is 10. The highest BCUT2D eigenvalue weighted by atomic mass is 28.2. The maximum atomic E-state index is 5.61. The lowest BCUT2D eigenvalue weighted by atomic mass is 10.5. The lowest BCUT2D eigenvalue weighted by Gasteiger charge is -2.15. The quantitative estimate of drug-likeness (QED) is 0.357. The van der Waals surface area contributed by atoms with Crippen LogP contribution < -0.4 is 5.73 Å². The van der Waals surface area contributed by atoms with Crippen molar-refractivity contribution in [2.24, 2.45) is 5.73 Å². The van der Waals surface area contributed by atoms with Crippen molar-refractivity contribution in [1.29, 1.82) is 0 Å². The molecule has 0 aromatic carbocycles. The van der Waals surface area contributed by atoms with E-state index in [1.165, 1.54) is 0 Å². The molecule has 16 heavy (non-hydrogen) atoms. The van der Waals surface area contributed by atoms with E-state index in [0.717, 1.165) is 24.4 Å². The molecule has 0 aromatic rings. The summed E-state index contributed by atoms with van der Waals surface area (Å²) in [5.74, 6) is 0.593. The van der Waals surface area contributed by atoms with E-state index in [2.05, 4.69) is 0 Å². The van der Waals surface area contributed by atoms with Crippen LogP contribution in [0, 0.1) is 0 Å². The summed E-state index contributed by atoms with van der Waals surface area (Å²) in [7, 11) is -0.457. The predicted octanol–water partition coefficient (Wildman–Crippen LogP) is 1.16. The molecule has 5 heteroatoms. The van der Waals surface area contributed by atoms with Gasteiger partial charge in [0.1, 0.15) is 14.9 Å².